The Morgan fingerprint density at radius 2 is 2.12 bits per heavy atom. The maximum atomic E-state index is 12.3. The van der Waals surface area contributed by atoms with Gasteiger partial charge in [0.2, 0.25) is 0 Å². The molecule has 1 fully saturated rings. The molecule has 1 saturated carbocycles. The van der Waals surface area contributed by atoms with E-state index in [0.29, 0.717) is 30.5 Å². The van der Waals surface area contributed by atoms with Crippen LogP contribution in [0.2, 0.25) is 5.02 Å². The van der Waals surface area contributed by atoms with Crippen molar-refractivity contribution >= 4 is 23.6 Å². The Balaban J connectivity index is 1.87. The molecule has 6 nitrogen and oxygen atoms in total. The van der Waals surface area contributed by atoms with E-state index in [2.05, 4.69) is 22.5 Å². The van der Waals surface area contributed by atoms with E-state index < -0.39 is 5.97 Å². The van der Waals surface area contributed by atoms with Gasteiger partial charge in [-0.2, -0.15) is 0 Å². The van der Waals surface area contributed by atoms with Gasteiger partial charge in [-0.1, -0.05) is 29.8 Å². The van der Waals surface area contributed by atoms with E-state index in [-0.39, 0.29) is 18.6 Å². The number of hydrogen-bond donors (Lipinski definition) is 2. The zero-order valence-electron chi connectivity index (χ0n) is 15.0. The smallest absolute Gasteiger partial charge is 0.337 e. The van der Waals surface area contributed by atoms with Crippen molar-refractivity contribution in [3.8, 4) is 0 Å². The van der Waals surface area contributed by atoms with Crippen LogP contribution >= 0.6 is 11.6 Å². The van der Waals surface area contributed by atoms with Crippen molar-refractivity contribution in [2.75, 3.05) is 19.7 Å². The lowest BCUT2D eigenvalue weighted by Gasteiger charge is -2.32. The van der Waals surface area contributed by atoms with E-state index in [1.165, 1.54) is 0 Å². The predicted molar refractivity (Wildman–Crippen MR) is 99.8 cm³/mol. The van der Waals surface area contributed by atoms with Gasteiger partial charge in [0, 0.05) is 29.3 Å². The van der Waals surface area contributed by atoms with Gasteiger partial charge < -0.3 is 15.4 Å². The van der Waals surface area contributed by atoms with Gasteiger partial charge in [0.25, 0.3) is 0 Å². The van der Waals surface area contributed by atoms with Crippen molar-refractivity contribution in [2.24, 2.45) is 0 Å². The van der Waals surface area contributed by atoms with Gasteiger partial charge in [0.1, 0.15) is 0 Å². The lowest BCUT2D eigenvalue weighted by molar-refractivity contribution is -0.138. The fraction of sp³-hybridized carbons (Fsp3) is 0.474. The predicted octanol–water partition coefficient (Wildman–Crippen LogP) is 3.00. The first-order valence-electron chi connectivity index (χ1n) is 8.95. The summed E-state index contributed by atoms with van der Waals surface area (Å²) in [7, 11) is 0. The Bertz CT molecular complexity index is 730. The van der Waals surface area contributed by atoms with E-state index in [9.17, 15) is 9.59 Å². The molecule has 1 aromatic rings. The summed E-state index contributed by atoms with van der Waals surface area (Å²) < 4.78 is 5.14. The Morgan fingerprint density at radius 3 is 2.77 bits per heavy atom. The highest BCUT2D eigenvalue weighted by molar-refractivity contribution is 6.31. The van der Waals surface area contributed by atoms with Crippen LogP contribution in [0.5, 0.6) is 0 Å². The highest BCUT2D eigenvalue weighted by Crippen LogP contribution is 2.37. The number of ether oxygens (including phenoxy) is 1. The topological polar surface area (TPSA) is 70.7 Å². The first kappa shape index (κ1) is 18.7. The van der Waals surface area contributed by atoms with Gasteiger partial charge in [-0.25, -0.2) is 9.59 Å². The van der Waals surface area contributed by atoms with Crippen LogP contribution in [0.25, 0.3) is 0 Å². The van der Waals surface area contributed by atoms with E-state index in [0.717, 1.165) is 23.4 Å². The number of rotatable bonds is 7. The summed E-state index contributed by atoms with van der Waals surface area (Å²) in [5.41, 5.74) is 2.13. The molecule has 1 aliphatic carbocycles. The van der Waals surface area contributed by atoms with Crippen molar-refractivity contribution in [2.45, 2.75) is 38.8 Å². The molecule has 1 aliphatic heterocycles. The van der Waals surface area contributed by atoms with Crippen molar-refractivity contribution in [3.63, 3.8) is 0 Å². The number of esters is 1. The molecule has 0 bridgehead atoms. The summed E-state index contributed by atoms with van der Waals surface area (Å²) >= 11 is 6.38. The van der Waals surface area contributed by atoms with Gasteiger partial charge in [0.15, 0.2) is 0 Å². The standard InChI is InChI=1S/C19H24ClN3O3/c1-3-26-18(24)15-10-21-19(25)22-17(15)11-23(13-8-9-13)12(2)14-6-4-5-7-16(14)20/h4-7,12-13H,3,8-11H2,1-2H3,(H2,21,22,25). The zero-order valence-corrected chi connectivity index (χ0v) is 15.8. The molecule has 0 aromatic heterocycles. The molecule has 2 amide bonds. The third-order valence-corrected chi connectivity index (χ3v) is 5.13. The number of amides is 2. The number of nitrogens with one attached hydrogen (secondary N) is 2. The van der Waals surface area contributed by atoms with Crippen molar-refractivity contribution in [1.29, 1.82) is 0 Å². The number of carbonyl (C=O) groups is 2. The Hall–Kier alpha value is -2.05. The average Bonchev–Trinajstić information content (AvgIpc) is 3.45. The molecular formula is C19H24ClN3O3. The van der Waals surface area contributed by atoms with E-state index in [1.54, 1.807) is 6.92 Å². The molecule has 1 aromatic carbocycles. The Kier molecular flexibility index (Phi) is 5.84. The van der Waals surface area contributed by atoms with Gasteiger partial charge in [-0.15, -0.1) is 0 Å². The minimum absolute atomic E-state index is 0.0685. The van der Waals surface area contributed by atoms with E-state index >= 15 is 0 Å². The largest absolute Gasteiger partial charge is 0.463 e. The summed E-state index contributed by atoms with van der Waals surface area (Å²) in [5, 5.41) is 6.16. The highest BCUT2D eigenvalue weighted by atomic mass is 35.5. The molecular weight excluding hydrogens is 354 g/mol. The first-order chi connectivity index (χ1) is 12.5. The second-order valence-electron chi connectivity index (χ2n) is 6.59. The van der Waals surface area contributed by atoms with Gasteiger partial charge in [-0.3, -0.25) is 4.90 Å². The second-order valence-corrected chi connectivity index (χ2v) is 6.99. The number of halogens is 1. The number of hydrogen-bond acceptors (Lipinski definition) is 4. The number of nitrogens with zero attached hydrogens (tertiary/aromatic N) is 1. The summed E-state index contributed by atoms with van der Waals surface area (Å²) in [6.45, 7) is 4.82. The molecule has 140 valence electrons. The van der Waals surface area contributed by atoms with Crippen LogP contribution < -0.4 is 10.6 Å². The molecule has 26 heavy (non-hydrogen) atoms. The van der Waals surface area contributed by atoms with Crippen LogP contribution in [0, 0.1) is 0 Å². The van der Waals surface area contributed by atoms with Crippen LogP contribution in [0.4, 0.5) is 4.79 Å². The molecule has 0 spiro atoms. The first-order valence-corrected chi connectivity index (χ1v) is 9.33. The van der Waals surface area contributed by atoms with Crippen LogP contribution in [0.1, 0.15) is 38.3 Å². The summed E-state index contributed by atoms with van der Waals surface area (Å²) in [5.74, 6) is -0.392. The van der Waals surface area contributed by atoms with Crippen LogP contribution in [-0.2, 0) is 9.53 Å². The van der Waals surface area contributed by atoms with E-state index in [1.807, 2.05) is 24.3 Å². The summed E-state index contributed by atoms with van der Waals surface area (Å²) in [6.07, 6.45) is 2.20. The molecule has 1 atom stereocenters. The lowest BCUT2D eigenvalue weighted by atomic mass is 10.0. The van der Waals surface area contributed by atoms with Crippen LogP contribution in [0.3, 0.4) is 0 Å². The Labute approximate surface area is 158 Å². The summed E-state index contributed by atoms with van der Waals surface area (Å²) in [6, 6.07) is 7.97. The van der Waals surface area contributed by atoms with E-state index in [4.69, 9.17) is 16.3 Å². The second kappa shape index (κ2) is 8.10. The third-order valence-electron chi connectivity index (χ3n) is 4.79. The summed E-state index contributed by atoms with van der Waals surface area (Å²) in [4.78, 5) is 26.4. The van der Waals surface area contributed by atoms with Gasteiger partial charge in [-0.05, 0) is 38.3 Å². The molecule has 7 heteroatoms. The molecule has 0 radical (unpaired) electrons. The lowest BCUT2D eigenvalue weighted by Crippen LogP contribution is -2.47. The van der Waals surface area contributed by atoms with Crippen molar-refractivity contribution < 1.29 is 14.3 Å². The third kappa shape index (κ3) is 4.19. The zero-order chi connectivity index (χ0) is 18.7. The monoisotopic (exact) mass is 377 g/mol. The number of carbonyl (C=O) groups excluding carboxylic acids is 2. The molecule has 1 heterocycles. The van der Waals surface area contributed by atoms with Crippen molar-refractivity contribution in [3.05, 3.63) is 46.1 Å². The quantitative estimate of drug-likeness (QED) is 0.716. The van der Waals surface area contributed by atoms with Crippen LogP contribution in [0.15, 0.2) is 35.5 Å². The number of urea groups is 1. The molecule has 3 rings (SSSR count). The van der Waals surface area contributed by atoms with Gasteiger partial charge in [0.05, 0.1) is 18.7 Å². The molecule has 0 saturated heterocycles. The highest BCUT2D eigenvalue weighted by Gasteiger charge is 2.35. The number of benzene rings is 1. The molecule has 2 aliphatic rings. The maximum absolute atomic E-state index is 12.3. The fourth-order valence-electron chi connectivity index (χ4n) is 3.24. The fourth-order valence-corrected chi connectivity index (χ4v) is 3.54. The van der Waals surface area contributed by atoms with Crippen molar-refractivity contribution in [1.82, 2.24) is 15.5 Å². The van der Waals surface area contributed by atoms with Gasteiger partial charge >= 0.3 is 12.0 Å². The average molecular weight is 378 g/mol. The Morgan fingerprint density at radius 1 is 1.38 bits per heavy atom. The maximum Gasteiger partial charge on any atom is 0.337 e. The molecule has 2 N–H and O–H groups in total. The minimum Gasteiger partial charge on any atom is -0.463 e. The SMILES string of the molecule is CCOC(=O)C1=C(CN(C2CC2)C(C)c2ccccc2Cl)NC(=O)NC1. The normalized spacial score (nSPS) is 18.4. The minimum atomic E-state index is -0.392. The molecule has 1 unspecified atom stereocenters. The van der Waals surface area contributed by atoms with Crippen LogP contribution in [-0.4, -0.2) is 42.6 Å².